The van der Waals surface area contributed by atoms with Crippen molar-refractivity contribution in [2.24, 2.45) is 11.1 Å². The number of hydrogen-bond acceptors (Lipinski definition) is 6. The van der Waals surface area contributed by atoms with Gasteiger partial charge in [-0.05, 0) is 37.1 Å². The molecule has 0 aliphatic rings. The van der Waals surface area contributed by atoms with Gasteiger partial charge in [-0.25, -0.2) is 8.42 Å². The van der Waals surface area contributed by atoms with E-state index in [1.165, 1.54) is 37.7 Å². The lowest BCUT2D eigenvalue weighted by atomic mass is 9.80. The van der Waals surface area contributed by atoms with E-state index in [0.717, 1.165) is 6.92 Å². The van der Waals surface area contributed by atoms with Crippen molar-refractivity contribution in [3.63, 3.8) is 0 Å². The van der Waals surface area contributed by atoms with Crippen molar-refractivity contribution in [3.05, 3.63) is 48.3 Å². The van der Waals surface area contributed by atoms with Gasteiger partial charge in [-0.15, -0.1) is 0 Å². The van der Waals surface area contributed by atoms with Gasteiger partial charge < -0.3 is 25.7 Å². The zero-order valence-corrected chi connectivity index (χ0v) is 16.1. The predicted molar refractivity (Wildman–Crippen MR) is 99.7 cm³/mol. The number of aliphatic carboxylic acids is 2. The molecule has 2 rings (SSSR count). The van der Waals surface area contributed by atoms with Crippen LogP contribution in [0.4, 0.5) is 0 Å². The topological polar surface area (TPSA) is 160 Å². The maximum absolute atomic E-state index is 13.1. The Labute approximate surface area is 162 Å². The second kappa shape index (κ2) is 8.03. The lowest BCUT2D eigenvalue weighted by Gasteiger charge is -2.30. The fourth-order valence-corrected chi connectivity index (χ4v) is 4.58. The normalized spacial score (nSPS) is 14.2. The minimum atomic E-state index is -3.98. The summed E-state index contributed by atoms with van der Waals surface area (Å²) in [6.07, 6.45) is 2.33. The molecule has 9 nitrogen and oxygen atoms in total. The average molecular weight is 410 g/mol. The van der Waals surface area contributed by atoms with Crippen LogP contribution >= 0.6 is 0 Å². The van der Waals surface area contributed by atoms with E-state index >= 15 is 0 Å². The summed E-state index contributed by atoms with van der Waals surface area (Å²) in [5, 5.41) is 17.5. The molecule has 0 spiro atoms. The lowest BCUT2D eigenvalue weighted by molar-refractivity contribution is -0.165. The third-order valence-electron chi connectivity index (χ3n) is 4.86. The largest absolute Gasteiger partial charge is 0.497 e. The number of methoxy groups -OCH3 is 1. The van der Waals surface area contributed by atoms with Crippen molar-refractivity contribution in [1.29, 1.82) is 0 Å². The average Bonchev–Trinajstić information content (AvgIpc) is 3.20. The molecule has 0 radical (unpaired) electrons. The fraction of sp³-hybridized carbons (Fsp3) is 0.333. The standard InChI is InChI=1S/C18H22N2O7S/c1-18(16(21)22,17(23)24)15(19)9-14(11-3-5-12(27-2)6-4-11)28(25,26)13-7-8-20-10-13/h3-8,10,14-15,20H,9,19H2,1-2H3,(H,21,22)(H,23,24). The Balaban J connectivity index is 2.52. The van der Waals surface area contributed by atoms with E-state index in [9.17, 15) is 28.2 Å². The van der Waals surface area contributed by atoms with Crippen molar-refractivity contribution < 1.29 is 33.0 Å². The molecule has 1 aromatic carbocycles. The molecule has 10 heteroatoms. The third kappa shape index (κ3) is 3.87. The molecular formula is C18H22N2O7S. The number of hydrogen-bond donors (Lipinski definition) is 4. The summed E-state index contributed by atoms with van der Waals surface area (Å²) in [7, 11) is -2.51. The highest BCUT2D eigenvalue weighted by molar-refractivity contribution is 7.91. The molecular weight excluding hydrogens is 388 g/mol. The van der Waals surface area contributed by atoms with Crippen molar-refractivity contribution in [2.45, 2.75) is 29.5 Å². The smallest absolute Gasteiger partial charge is 0.322 e. The molecule has 0 aliphatic heterocycles. The number of benzene rings is 1. The highest BCUT2D eigenvalue weighted by atomic mass is 32.2. The number of aromatic amines is 1. The van der Waals surface area contributed by atoms with E-state index in [0.29, 0.717) is 11.3 Å². The van der Waals surface area contributed by atoms with Gasteiger partial charge in [0.2, 0.25) is 0 Å². The first kappa shape index (κ1) is 21.5. The first-order valence-electron chi connectivity index (χ1n) is 8.28. The maximum Gasteiger partial charge on any atom is 0.322 e. The summed E-state index contributed by atoms with van der Waals surface area (Å²) in [6, 6.07) is 6.08. The van der Waals surface area contributed by atoms with Crippen LogP contribution in [0.1, 0.15) is 24.2 Å². The number of H-pyrrole nitrogens is 1. The number of carbonyl (C=O) groups is 2. The Morgan fingerprint density at radius 3 is 2.18 bits per heavy atom. The van der Waals surface area contributed by atoms with Crippen LogP contribution in [0.5, 0.6) is 5.75 Å². The molecule has 152 valence electrons. The SMILES string of the molecule is COc1ccc(C(CC(N)C(C)(C(=O)O)C(=O)O)S(=O)(=O)c2cc[nH]c2)cc1. The van der Waals surface area contributed by atoms with E-state index in [1.807, 2.05) is 0 Å². The highest BCUT2D eigenvalue weighted by Crippen LogP contribution is 2.37. The fourth-order valence-electron chi connectivity index (χ4n) is 2.79. The highest BCUT2D eigenvalue weighted by Gasteiger charge is 2.49. The number of carboxylic acids is 2. The molecule has 0 amide bonds. The van der Waals surface area contributed by atoms with Gasteiger partial charge in [-0.2, -0.15) is 0 Å². The Morgan fingerprint density at radius 1 is 1.18 bits per heavy atom. The van der Waals surface area contributed by atoms with Gasteiger partial charge in [0, 0.05) is 18.4 Å². The van der Waals surface area contributed by atoms with E-state index in [-0.39, 0.29) is 4.90 Å². The van der Waals surface area contributed by atoms with Crippen LogP contribution in [0.25, 0.3) is 0 Å². The minimum absolute atomic E-state index is 0.00660. The van der Waals surface area contributed by atoms with Gasteiger partial charge in [-0.3, -0.25) is 9.59 Å². The summed E-state index contributed by atoms with van der Waals surface area (Å²) in [5.74, 6) is -2.77. The third-order valence-corrected chi connectivity index (χ3v) is 6.98. The summed E-state index contributed by atoms with van der Waals surface area (Å²) >= 11 is 0. The van der Waals surface area contributed by atoms with E-state index in [4.69, 9.17) is 10.5 Å². The first-order chi connectivity index (χ1) is 13.0. The van der Waals surface area contributed by atoms with Gasteiger partial charge in [0.05, 0.1) is 17.3 Å². The first-order valence-corrected chi connectivity index (χ1v) is 9.82. The van der Waals surface area contributed by atoms with Crippen LogP contribution in [-0.2, 0) is 19.4 Å². The lowest BCUT2D eigenvalue weighted by Crippen LogP contribution is -2.52. The molecule has 5 N–H and O–H groups in total. The van der Waals surface area contributed by atoms with Crippen molar-refractivity contribution in [1.82, 2.24) is 4.98 Å². The zero-order valence-electron chi connectivity index (χ0n) is 15.3. The monoisotopic (exact) mass is 410 g/mol. The molecule has 0 fully saturated rings. The second-order valence-corrected chi connectivity index (χ2v) is 8.64. The molecule has 1 aromatic heterocycles. The number of rotatable bonds is 9. The van der Waals surface area contributed by atoms with Gasteiger partial charge in [-0.1, -0.05) is 12.1 Å². The number of aromatic nitrogens is 1. The van der Waals surface area contributed by atoms with Crippen molar-refractivity contribution in [2.75, 3.05) is 7.11 Å². The molecule has 2 unspecified atom stereocenters. The molecule has 0 saturated carbocycles. The summed E-state index contributed by atoms with van der Waals surface area (Å²) in [4.78, 5) is 25.8. The number of nitrogens with one attached hydrogen (secondary N) is 1. The molecule has 0 saturated heterocycles. The van der Waals surface area contributed by atoms with Crippen molar-refractivity contribution >= 4 is 21.8 Å². The van der Waals surface area contributed by atoms with E-state index in [2.05, 4.69) is 4.98 Å². The quantitative estimate of drug-likeness (QED) is 0.452. The van der Waals surface area contributed by atoms with Crippen molar-refractivity contribution in [3.8, 4) is 5.75 Å². The number of ether oxygens (including phenoxy) is 1. The van der Waals surface area contributed by atoms with Crippen LogP contribution in [0.3, 0.4) is 0 Å². The number of nitrogens with two attached hydrogens (primary N) is 1. The van der Waals surface area contributed by atoms with Gasteiger partial charge in [0.1, 0.15) is 5.75 Å². The van der Waals surface area contributed by atoms with Gasteiger partial charge in [0.15, 0.2) is 15.3 Å². The van der Waals surface area contributed by atoms with Crippen LogP contribution in [0, 0.1) is 5.41 Å². The molecule has 2 atom stereocenters. The van der Waals surface area contributed by atoms with Crippen LogP contribution in [0.15, 0.2) is 47.6 Å². The Hall–Kier alpha value is -2.85. The predicted octanol–water partition coefficient (Wildman–Crippen LogP) is 1.43. The Bertz CT molecular complexity index is 923. The summed E-state index contributed by atoms with van der Waals surface area (Å²) in [5.41, 5.74) is 3.93. The minimum Gasteiger partial charge on any atom is -0.497 e. The van der Waals surface area contributed by atoms with Gasteiger partial charge >= 0.3 is 11.9 Å². The molecule has 1 heterocycles. The zero-order chi connectivity index (χ0) is 21.1. The maximum atomic E-state index is 13.1. The Morgan fingerprint density at radius 2 is 1.75 bits per heavy atom. The van der Waals surface area contributed by atoms with Crippen LogP contribution < -0.4 is 10.5 Å². The Kier molecular flexibility index (Phi) is 6.15. The number of carboxylic acid groups (broad SMARTS) is 2. The molecule has 2 aromatic rings. The van der Waals surface area contributed by atoms with Crippen LogP contribution in [-0.4, -0.2) is 48.7 Å². The summed E-state index contributed by atoms with van der Waals surface area (Å²) < 4.78 is 31.4. The molecule has 0 aliphatic carbocycles. The van der Waals surface area contributed by atoms with Crippen LogP contribution in [0.2, 0.25) is 0 Å². The van der Waals surface area contributed by atoms with E-state index in [1.54, 1.807) is 12.1 Å². The molecule has 0 bridgehead atoms. The molecule has 28 heavy (non-hydrogen) atoms. The number of sulfone groups is 1. The van der Waals surface area contributed by atoms with Gasteiger partial charge in [0.25, 0.3) is 0 Å². The second-order valence-electron chi connectivity index (χ2n) is 6.51. The van der Waals surface area contributed by atoms with E-state index < -0.39 is 44.9 Å². The summed E-state index contributed by atoms with van der Waals surface area (Å²) in [6.45, 7) is 0.969.